The van der Waals surface area contributed by atoms with Gasteiger partial charge in [0, 0.05) is 22.7 Å². The minimum absolute atomic E-state index is 0.168. The Bertz CT molecular complexity index is 844. The van der Waals surface area contributed by atoms with Crippen LogP contribution < -0.4 is 0 Å². The third-order valence-electron chi connectivity index (χ3n) is 3.28. The fourth-order valence-corrected chi connectivity index (χ4v) is 2.31. The van der Waals surface area contributed by atoms with Gasteiger partial charge in [-0.15, -0.1) is 0 Å². The first-order valence-corrected chi connectivity index (χ1v) is 6.82. The molecule has 0 unspecified atom stereocenters. The number of halogens is 1. The van der Waals surface area contributed by atoms with E-state index in [9.17, 15) is 19.7 Å². The molecule has 2 aromatic carbocycles. The lowest BCUT2D eigenvalue weighted by Gasteiger charge is -2.06. The monoisotopic (exact) mass is 329 g/mol. The van der Waals surface area contributed by atoms with Crippen molar-refractivity contribution in [3.63, 3.8) is 0 Å². The molecule has 0 saturated heterocycles. The molecular formula is C15H8ClN3O4. The van der Waals surface area contributed by atoms with Crippen molar-refractivity contribution in [1.29, 1.82) is 0 Å². The van der Waals surface area contributed by atoms with Crippen molar-refractivity contribution in [2.24, 2.45) is 5.10 Å². The Morgan fingerprint density at radius 2 is 1.70 bits per heavy atom. The zero-order chi connectivity index (χ0) is 16.6. The molecule has 114 valence electrons. The first kappa shape index (κ1) is 14.9. The summed E-state index contributed by atoms with van der Waals surface area (Å²) in [5.74, 6) is -1.10. The van der Waals surface area contributed by atoms with Gasteiger partial charge < -0.3 is 0 Å². The summed E-state index contributed by atoms with van der Waals surface area (Å²) in [4.78, 5) is 34.5. The van der Waals surface area contributed by atoms with E-state index in [1.807, 2.05) is 0 Å². The number of hydrazone groups is 1. The van der Waals surface area contributed by atoms with Crippen molar-refractivity contribution in [1.82, 2.24) is 5.01 Å². The Balaban J connectivity index is 1.93. The number of amides is 2. The molecule has 8 heteroatoms. The van der Waals surface area contributed by atoms with Crippen LogP contribution in [0.3, 0.4) is 0 Å². The molecule has 0 bridgehead atoms. The maximum Gasteiger partial charge on any atom is 0.282 e. The fourth-order valence-electron chi connectivity index (χ4n) is 2.14. The fraction of sp³-hybridized carbons (Fsp3) is 0. The molecule has 0 saturated carbocycles. The largest absolute Gasteiger partial charge is 0.282 e. The lowest BCUT2D eigenvalue weighted by molar-refractivity contribution is -0.384. The lowest BCUT2D eigenvalue weighted by atomic mass is 10.1. The normalized spacial score (nSPS) is 13.7. The topological polar surface area (TPSA) is 92.9 Å². The van der Waals surface area contributed by atoms with E-state index in [4.69, 9.17) is 11.6 Å². The summed E-state index contributed by atoms with van der Waals surface area (Å²) in [5, 5.41) is 15.5. The molecule has 0 spiro atoms. The Labute approximate surface area is 134 Å². The molecule has 23 heavy (non-hydrogen) atoms. The number of non-ortho nitro benzene ring substituents is 1. The highest BCUT2D eigenvalue weighted by atomic mass is 35.5. The van der Waals surface area contributed by atoms with Crippen LogP contribution in [0.1, 0.15) is 26.3 Å². The standard InChI is InChI=1S/C15H8ClN3O4/c16-13-6-5-10(19(22)23)7-9(13)8-17-18-14(20)11-3-1-2-4-12(11)15(18)21/h1-8H. The van der Waals surface area contributed by atoms with Crippen LogP contribution in [0.25, 0.3) is 0 Å². The van der Waals surface area contributed by atoms with Crippen molar-refractivity contribution in [3.8, 4) is 0 Å². The lowest BCUT2D eigenvalue weighted by Crippen LogP contribution is -2.24. The van der Waals surface area contributed by atoms with Gasteiger partial charge in [-0.2, -0.15) is 10.1 Å². The third-order valence-corrected chi connectivity index (χ3v) is 3.62. The summed E-state index contributed by atoms with van der Waals surface area (Å²) in [6.45, 7) is 0. The summed E-state index contributed by atoms with van der Waals surface area (Å²) in [6, 6.07) is 10.2. The number of hydrogen-bond donors (Lipinski definition) is 0. The van der Waals surface area contributed by atoms with E-state index in [1.54, 1.807) is 12.1 Å². The van der Waals surface area contributed by atoms with Gasteiger partial charge in [-0.3, -0.25) is 19.7 Å². The van der Waals surface area contributed by atoms with Crippen molar-refractivity contribution in [2.45, 2.75) is 0 Å². The first-order valence-electron chi connectivity index (χ1n) is 6.45. The average Bonchev–Trinajstić information content (AvgIpc) is 2.78. The van der Waals surface area contributed by atoms with Crippen LogP contribution in [0, 0.1) is 10.1 Å². The van der Waals surface area contributed by atoms with E-state index in [2.05, 4.69) is 5.10 Å². The Kier molecular flexibility index (Phi) is 3.63. The van der Waals surface area contributed by atoms with Gasteiger partial charge in [0.2, 0.25) is 0 Å². The van der Waals surface area contributed by atoms with E-state index in [1.165, 1.54) is 30.3 Å². The molecule has 0 aliphatic carbocycles. The van der Waals surface area contributed by atoms with Gasteiger partial charge in [-0.25, -0.2) is 0 Å². The summed E-state index contributed by atoms with van der Waals surface area (Å²) in [7, 11) is 0. The predicted molar refractivity (Wildman–Crippen MR) is 82.6 cm³/mol. The number of fused-ring (bicyclic) bond motifs is 1. The first-order chi connectivity index (χ1) is 11.0. The Hall–Kier alpha value is -3.06. The molecule has 1 aliphatic rings. The maximum atomic E-state index is 12.1. The Morgan fingerprint density at radius 3 is 2.26 bits per heavy atom. The molecule has 7 nitrogen and oxygen atoms in total. The van der Waals surface area contributed by atoms with Crippen LogP contribution >= 0.6 is 11.6 Å². The summed E-state index contributed by atoms with van der Waals surface area (Å²) in [6.07, 6.45) is 1.15. The molecule has 0 N–H and O–H groups in total. The minimum Gasteiger partial charge on any atom is -0.267 e. The van der Waals surface area contributed by atoms with Gasteiger partial charge in [-0.1, -0.05) is 23.7 Å². The number of nitro groups is 1. The number of benzene rings is 2. The molecule has 1 heterocycles. The van der Waals surface area contributed by atoms with Crippen molar-refractivity contribution in [3.05, 3.63) is 74.3 Å². The number of hydrogen-bond acceptors (Lipinski definition) is 5. The zero-order valence-electron chi connectivity index (χ0n) is 11.5. The second-order valence-corrected chi connectivity index (χ2v) is 5.08. The number of carbonyl (C=O) groups excluding carboxylic acids is 2. The molecule has 2 amide bonds. The van der Waals surface area contributed by atoms with E-state index in [-0.39, 0.29) is 27.4 Å². The van der Waals surface area contributed by atoms with Crippen molar-refractivity contribution >= 4 is 35.3 Å². The van der Waals surface area contributed by atoms with Crippen LogP contribution in [0.15, 0.2) is 47.6 Å². The number of carbonyl (C=O) groups is 2. The van der Waals surface area contributed by atoms with Gasteiger partial charge in [0.25, 0.3) is 17.5 Å². The van der Waals surface area contributed by atoms with Crippen LogP contribution in [-0.2, 0) is 0 Å². The zero-order valence-corrected chi connectivity index (χ0v) is 12.2. The number of nitro benzene ring substituents is 1. The molecule has 0 aromatic heterocycles. The number of rotatable bonds is 3. The SMILES string of the molecule is O=C1c2ccccc2C(=O)N1N=Cc1cc([N+](=O)[O-])ccc1Cl. The average molecular weight is 330 g/mol. The van der Waals surface area contributed by atoms with Crippen molar-refractivity contribution < 1.29 is 14.5 Å². The van der Waals surface area contributed by atoms with Crippen molar-refractivity contribution in [2.75, 3.05) is 0 Å². The van der Waals surface area contributed by atoms with E-state index in [0.29, 0.717) is 5.01 Å². The highest BCUT2D eigenvalue weighted by Gasteiger charge is 2.35. The maximum absolute atomic E-state index is 12.1. The molecule has 2 aromatic rings. The minimum atomic E-state index is -0.574. The third kappa shape index (κ3) is 2.58. The Morgan fingerprint density at radius 1 is 1.09 bits per heavy atom. The van der Waals surface area contributed by atoms with Gasteiger partial charge in [0.05, 0.1) is 22.3 Å². The highest BCUT2D eigenvalue weighted by Crippen LogP contribution is 2.24. The summed E-state index contributed by atoms with van der Waals surface area (Å²) < 4.78 is 0. The van der Waals surface area contributed by atoms with E-state index in [0.717, 1.165) is 6.21 Å². The predicted octanol–water partition coefficient (Wildman–Crippen LogP) is 2.88. The number of nitrogens with zero attached hydrogens (tertiary/aromatic N) is 3. The molecular weight excluding hydrogens is 322 g/mol. The smallest absolute Gasteiger partial charge is 0.267 e. The van der Waals surface area contributed by atoms with Crippen LogP contribution in [0.2, 0.25) is 5.02 Å². The molecule has 1 aliphatic heterocycles. The van der Waals surface area contributed by atoms with Crippen LogP contribution in [0.5, 0.6) is 0 Å². The quantitative estimate of drug-likeness (QED) is 0.374. The van der Waals surface area contributed by atoms with Gasteiger partial charge in [0.15, 0.2) is 0 Å². The van der Waals surface area contributed by atoms with Crippen LogP contribution in [-0.4, -0.2) is 28.0 Å². The second kappa shape index (κ2) is 5.62. The molecule has 0 atom stereocenters. The van der Waals surface area contributed by atoms with Gasteiger partial charge >= 0.3 is 0 Å². The number of imide groups is 1. The summed E-state index contributed by atoms with van der Waals surface area (Å²) in [5.41, 5.74) is 0.593. The van der Waals surface area contributed by atoms with E-state index >= 15 is 0 Å². The van der Waals surface area contributed by atoms with Crippen LogP contribution in [0.4, 0.5) is 5.69 Å². The van der Waals surface area contributed by atoms with Gasteiger partial charge in [0.1, 0.15) is 0 Å². The summed E-state index contributed by atoms with van der Waals surface area (Å²) >= 11 is 5.95. The highest BCUT2D eigenvalue weighted by molar-refractivity contribution is 6.33. The molecule has 0 radical (unpaired) electrons. The van der Waals surface area contributed by atoms with Gasteiger partial charge in [-0.05, 0) is 18.2 Å². The molecule has 0 fully saturated rings. The van der Waals surface area contributed by atoms with E-state index < -0.39 is 16.7 Å². The molecule has 3 rings (SSSR count). The second-order valence-electron chi connectivity index (χ2n) is 4.68.